The molecule has 0 aliphatic carbocycles. The first-order valence-corrected chi connectivity index (χ1v) is 9.36. The third-order valence-corrected chi connectivity index (χ3v) is 5.00. The molecular weight excluding hydrogens is 376 g/mol. The van der Waals surface area contributed by atoms with Crippen molar-refractivity contribution in [2.24, 2.45) is 0 Å². The van der Waals surface area contributed by atoms with Gasteiger partial charge in [-0.2, -0.15) is 10.4 Å². The highest BCUT2D eigenvalue weighted by Crippen LogP contribution is 2.25. The molecule has 9 heteroatoms. The Bertz CT molecular complexity index is 1030. The van der Waals surface area contributed by atoms with Crippen molar-refractivity contribution >= 4 is 23.2 Å². The van der Waals surface area contributed by atoms with Crippen molar-refractivity contribution in [3.63, 3.8) is 0 Å². The summed E-state index contributed by atoms with van der Waals surface area (Å²) < 4.78 is 1.79. The average Bonchev–Trinajstić information content (AvgIpc) is 3.06. The first kappa shape index (κ1) is 18.2. The number of hydrogen-bond acceptors (Lipinski definition) is 7. The summed E-state index contributed by atoms with van der Waals surface area (Å²) in [6, 6.07) is 9.63. The molecule has 4 rings (SSSR count). The van der Waals surface area contributed by atoms with Crippen molar-refractivity contribution in [3.05, 3.63) is 52.4 Å². The summed E-state index contributed by atoms with van der Waals surface area (Å²) in [5, 5.41) is 22.6. The molecule has 4 heterocycles. The van der Waals surface area contributed by atoms with E-state index in [0.717, 1.165) is 43.4 Å². The molecule has 8 nitrogen and oxygen atoms in total. The molecule has 0 amide bonds. The third-order valence-electron chi connectivity index (χ3n) is 4.72. The Hall–Kier alpha value is -3.18. The lowest BCUT2D eigenvalue weighted by molar-refractivity contribution is 0.636. The minimum Gasteiger partial charge on any atom is -0.352 e. The number of aryl methyl sites for hydroxylation is 2. The minimum atomic E-state index is 0.463. The van der Waals surface area contributed by atoms with E-state index in [4.69, 9.17) is 16.9 Å². The lowest BCUT2D eigenvalue weighted by Crippen LogP contribution is -2.47. The van der Waals surface area contributed by atoms with Gasteiger partial charge in [-0.1, -0.05) is 11.6 Å². The number of anilines is 2. The van der Waals surface area contributed by atoms with Crippen LogP contribution in [0.1, 0.15) is 17.0 Å². The van der Waals surface area contributed by atoms with Crippen molar-refractivity contribution < 1.29 is 0 Å². The molecule has 142 valence electrons. The van der Waals surface area contributed by atoms with E-state index in [2.05, 4.69) is 36.1 Å². The monoisotopic (exact) mass is 394 g/mol. The number of pyridine rings is 1. The van der Waals surface area contributed by atoms with Gasteiger partial charge in [0.05, 0.1) is 16.3 Å². The maximum Gasteiger partial charge on any atom is 0.176 e. The molecule has 0 aromatic carbocycles. The molecule has 0 saturated carbocycles. The Morgan fingerprint density at radius 2 is 1.68 bits per heavy atom. The van der Waals surface area contributed by atoms with Crippen LogP contribution in [-0.2, 0) is 0 Å². The fourth-order valence-corrected chi connectivity index (χ4v) is 3.62. The number of hydrogen-bond donors (Lipinski definition) is 0. The molecule has 1 saturated heterocycles. The van der Waals surface area contributed by atoms with Crippen molar-refractivity contribution in [2.75, 3.05) is 36.0 Å². The summed E-state index contributed by atoms with van der Waals surface area (Å²) in [6.07, 6.45) is 1.55. The van der Waals surface area contributed by atoms with Gasteiger partial charge in [-0.15, -0.1) is 10.2 Å². The summed E-state index contributed by atoms with van der Waals surface area (Å²) in [6.45, 7) is 7.05. The smallest absolute Gasteiger partial charge is 0.176 e. The standard InChI is InChI=1S/C19H19ClN8/c1-13-9-14(2)28(25-13)18-4-3-17(23-24-18)26-5-7-27(8-6-26)19-16(20)10-15(11-21)12-22-19/h3-4,9-10,12H,5-8H2,1-2H3. The lowest BCUT2D eigenvalue weighted by atomic mass is 10.2. The second-order valence-corrected chi connectivity index (χ2v) is 7.11. The number of halogens is 1. The van der Waals surface area contributed by atoms with Gasteiger partial charge >= 0.3 is 0 Å². The molecule has 1 fully saturated rings. The Labute approximate surface area is 168 Å². The van der Waals surface area contributed by atoms with Gasteiger partial charge in [0.2, 0.25) is 0 Å². The highest BCUT2D eigenvalue weighted by atomic mass is 35.5. The Morgan fingerprint density at radius 1 is 1.00 bits per heavy atom. The van der Waals surface area contributed by atoms with Gasteiger partial charge in [-0.3, -0.25) is 0 Å². The molecule has 0 N–H and O–H groups in total. The quantitative estimate of drug-likeness (QED) is 0.674. The number of rotatable bonds is 3. The van der Waals surface area contributed by atoms with Crippen molar-refractivity contribution in [1.82, 2.24) is 25.0 Å². The van der Waals surface area contributed by atoms with Crippen LogP contribution in [-0.4, -0.2) is 51.1 Å². The molecule has 0 bridgehead atoms. The Morgan fingerprint density at radius 3 is 2.25 bits per heavy atom. The average molecular weight is 395 g/mol. The van der Waals surface area contributed by atoms with Crippen LogP contribution in [0.15, 0.2) is 30.5 Å². The van der Waals surface area contributed by atoms with E-state index < -0.39 is 0 Å². The van der Waals surface area contributed by atoms with E-state index in [1.54, 1.807) is 16.9 Å². The summed E-state index contributed by atoms with van der Waals surface area (Å²) in [4.78, 5) is 8.65. The van der Waals surface area contributed by atoms with E-state index in [9.17, 15) is 0 Å². The molecular formula is C19H19ClN8. The van der Waals surface area contributed by atoms with Crippen LogP contribution in [0.4, 0.5) is 11.6 Å². The first-order valence-electron chi connectivity index (χ1n) is 8.98. The van der Waals surface area contributed by atoms with Crippen LogP contribution in [0.25, 0.3) is 5.82 Å². The SMILES string of the molecule is Cc1cc(C)n(-c2ccc(N3CCN(c4ncc(C#N)cc4Cl)CC3)nn2)n1. The van der Waals surface area contributed by atoms with Crippen LogP contribution in [0.3, 0.4) is 0 Å². The van der Waals surface area contributed by atoms with Crippen LogP contribution in [0, 0.1) is 25.2 Å². The number of nitrogens with zero attached hydrogens (tertiary/aromatic N) is 8. The summed E-state index contributed by atoms with van der Waals surface area (Å²) in [5.41, 5.74) is 2.44. The molecule has 3 aromatic heterocycles. The topological polar surface area (TPSA) is 86.8 Å². The Kier molecular flexibility index (Phi) is 4.84. The van der Waals surface area contributed by atoms with Crippen molar-refractivity contribution in [3.8, 4) is 11.9 Å². The van der Waals surface area contributed by atoms with Crippen LogP contribution in [0.2, 0.25) is 5.02 Å². The van der Waals surface area contributed by atoms with Gasteiger partial charge in [0.15, 0.2) is 11.6 Å². The molecule has 0 unspecified atom stereocenters. The summed E-state index contributed by atoms with van der Waals surface area (Å²) >= 11 is 6.29. The maximum atomic E-state index is 8.95. The summed E-state index contributed by atoms with van der Waals surface area (Å²) in [7, 11) is 0. The second kappa shape index (κ2) is 7.44. The summed E-state index contributed by atoms with van der Waals surface area (Å²) in [5.74, 6) is 2.26. The predicted octanol–water partition coefficient (Wildman–Crippen LogP) is 2.53. The molecule has 28 heavy (non-hydrogen) atoms. The van der Waals surface area contributed by atoms with E-state index in [1.165, 1.54) is 0 Å². The fourth-order valence-electron chi connectivity index (χ4n) is 3.33. The van der Waals surface area contributed by atoms with E-state index in [0.29, 0.717) is 22.2 Å². The van der Waals surface area contributed by atoms with Gasteiger partial charge in [0.1, 0.15) is 11.9 Å². The highest BCUT2D eigenvalue weighted by Gasteiger charge is 2.21. The van der Waals surface area contributed by atoms with Crippen molar-refractivity contribution in [2.45, 2.75) is 13.8 Å². The minimum absolute atomic E-state index is 0.463. The van der Waals surface area contributed by atoms with Crippen LogP contribution < -0.4 is 9.80 Å². The van der Waals surface area contributed by atoms with E-state index >= 15 is 0 Å². The van der Waals surface area contributed by atoms with Gasteiger partial charge in [0.25, 0.3) is 0 Å². The predicted molar refractivity (Wildman–Crippen MR) is 107 cm³/mol. The molecule has 0 atom stereocenters. The first-order chi connectivity index (χ1) is 13.5. The third kappa shape index (κ3) is 3.49. The van der Waals surface area contributed by atoms with Crippen molar-refractivity contribution in [1.29, 1.82) is 5.26 Å². The van der Waals surface area contributed by atoms with Crippen LogP contribution in [0.5, 0.6) is 0 Å². The largest absolute Gasteiger partial charge is 0.352 e. The lowest BCUT2D eigenvalue weighted by Gasteiger charge is -2.36. The maximum absolute atomic E-state index is 8.95. The number of aromatic nitrogens is 5. The van der Waals surface area contributed by atoms with Gasteiger partial charge in [0, 0.05) is 38.1 Å². The Balaban J connectivity index is 1.44. The van der Waals surface area contributed by atoms with Crippen LogP contribution >= 0.6 is 11.6 Å². The van der Waals surface area contributed by atoms with Gasteiger partial charge in [-0.05, 0) is 38.1 Å². The normalized spacial score (nSPS) is 14.2. The van der Waals surface area contributed by atoms with Gasteiger partial charge in [-0.25, -0.2) is 9.67 Å². The second-order valence-electron chi connectivity index (χ2n) is 6.70. The van der Waals surface area contributed by atoms with E-state index in [-0.39, 0.29) is 0 Å². The zero-order valence-electron chi connectivity index (χ0n) is 15.7. The molecule has 1 aliphatic rings. The highest BCUT2D eigenvalue weighted by molar-refractivity contribution is 6.33. The molecule has 3 aromatic rings. The molecule has 0 spiro atoms. The van der Waals surface area contributed by atoms with E-state index in [1.807, 2.05) is 32.0 Å². The fraction of sp³-hybridized carbons (Fsp3) is 0.316. The van der Waals surface area contributed by atoms with Gasteiger partial charge < -0.3 is 9.80 Å². The molecule has 0 radical (unpaired) electrons. The zero-order chi connectivity index (χ0) is 19.7. The number of piperazine rings is 1. The molecule has 1 aliphatic heterocycles. The zero-order valence-corrected chi connectivity index (χ0v) is 16.4. The number of nitriles is 1.